The molecule has 42 heavy (non-hydrogen) atoms. The van der Waals surface area contributed by atoms with Gasteiger partial charge in [-0.15, -0.1) is 0 Å². The van der Waals surface area contributed by atoms with E-state index < -0.39 is 15.9 Å². The number of nitrogens with zero attached hydrogens (tertiary/aromatic N) is 3. The van der Waals surface area contributed by atoms with Crippen LogP contribution in [-0.4, -0.2) is 62.7 Å². The lowest BCUT2D eigenvalue weighted by atomic mass is 9.86. The lowest BCUT2D eigenvalue weighted by Crippen LogP contribution is -2.31. The van der Waals surface area contributed by atoms with Crippen LogP contribution >= 0.6 is 11.6 Å². The predicted molar refractivity (Wildman–Crippen MR) is 166 cm³/mol. The first-order chi connectivity index (χ1) is 19.7. The molecular formula is C30H38ClN5O5S. The van der Waals surface area contributed by atoms with Gasteiger partial charge < -0.3 is 19.7 Å². The second kappa shape index (κ2) is 12.8. The monoisotopic (exact) mass is 615 g/mol. The number of aromatic nitrogens is 2. The van der Waals surface area contributed by atoms with Crippen LogP contribution in [0.2, 0.25) is 5.02 Å². The number of hydrogen-bond acceptors (Lipinski definition) is 8. The Morgan fingerprint density at radius 1 is 1.10 bits per heavy atom. The SMILES string of the molecule is COc1c(NC(=O)c2ccc(Cl)c(Oc3cc(CC4CCN(C)CC4)ncn3)c2)cc(C(C)(C)C)cc1NS(C)(=O)=O. The molecule has 3 aromatic rings. The average Bonchev–Trinajstić information content (AvgIpc) is 2.90. The van der Waals surface area contributed by atoms with Gasteiger partial charge in [-0.3, -0.25) is 9.52 Å². The van der Waals surface area contributed by atoms with Crippen molar-refractivity contribution in [2.75, 3.05) is 43.5 Å². The molecule has 0 saturated carbocycles. The number of carbonyl (C=O) groups excluding carboxylic acids is 1. The van der Waals surface area contributed by atoms with Gasteiger partial charge in [0, 0.05) is 17.3 Å². The minimum absolute atomic E-state index is 0.185. The summed E-state index contributed by atoms with van der Waals surface area (Å²) in [6.07, 6.45) is 5.61. The molecule has 1 fully saturated rings. The zero-order valence-electron chi connectivity index (χ0n) is 24.8. The van der Waals surface area contributed by atoms with Crippen LogP contribution in [0.15, 0.2) is 42.7 Å². The van der Waals surface area contributed by atoms with E-state index in [0.717, 1.165) is 49.9 Å². The van der Waals surface area contributed by atoms with Gasteiger partial charge in [0.05, 0.1) is 29.8 Å². The number of likely N-dealkylation sites (tertiary alicyclic amines) is 1. The second-order valence-electron chi connectivity index (χ2n) is 11.7. The van der Waals surface area contributed by atoms with Crippen molar-refractivity contribution in [3.63, 3.8) is 0 Å². The third-order valence-corrected chi connectivity index (χ3v) is 8.05. The van der Waals surface area contributed by atoms with Gasteiger partial charge in [-0.2, -0.15) is 0 Å². The number of sulfonamides is 1. The lowest BCUT2D eigenvalue weighted by molar-refractivity contribution is 0.102. The first-order valence-corrected chi connectivity index (χ1v) is 16.0. The Morgan fingerprint density at radius 2 is 1.79 bits per heavy atom. The largest absolute Gasteiger partial charge is 0.492 e. The molecule has 2 aromatic carbocycles. The molecule has 1 amide bonds. The van der Waals surface area contributed by atoms with Crippen LogP contribution in [0.3, 0.4) is 0 Å². The molecule has 1 aliphatic rings. The molecule has 0 spiro atoms. The highest BCUT2D eigenvalue weighted by atomic mass is 35.5. The topological polar surface area (TPSA) is 123 Å². The van der Waals surface area contributed by atoms with E-state index in [1.54, 1.807) is 30.3 Å². The number of amides is 1. The van der Waals surface area contributed by atoms with Gasteiger partial charge in [-0.25, -0.2) is 18.4 Å². The molecule has 2 N–H and O–H groups in total. The molecule has 1 aliphatic heterocycles. The molecule has 0 unspecified atom stereocenters. The number of hydrogen-bond donors (Lipinski definition) is 2. The predicted octanol–water partition coefficient (Wildman–Crippen LogP) is 5.74. The standard InChI is InChI=1S/C30H38ClN5O5S/c1-30(2,3)21-15-24(28(40-5)25(16-21)35-42(6,38)39)34-29(37)20-7-8-23(31)26(14-20)41-27-17-22(32-18-33-27)13-19-9-11-36(4)12-10-19/h7-8,14-19,35H,9-13H2,1-6H3,(H,34,37). The molecule has 0 aliphatic carbocycles. The summed E-state index contributed by atoms with van der Waals surface area (Å²) in [4.78, 5) is 24.4. The maximum Gasteiger partial charge on any atom is 0.255 e. The first kappa shape index (κ1) is 31.5. The Morgan fingerprint density at radius 3 is 2.43 bits per heavy atom. The highest BCUT2D eigenvalue weighted by Crippen LogP contribution is 2.39. The number of piperidine rings is 1. The quantitative estimate of drug-likeness (QED) is 0.313. The van der Waals surface area contributed by atoms with Crippen LogP contribution in [0.1, 0.15) is 55.2 Å². The molecule has 2 heterocycles. The number of benzene rings is 2. The summed E-state index contributed by atoms with van der Waals surface area (Å²) in [6, 6.07) is 9.96. The maximum atomic E-state index is 13.4. The number of rotatable bonds is 9. The van der Waals surface area contributed by atoms with Gasteiger partial charge in [0.15, 0.2) is 5.75 Å². The summed E-state index contributed by atoms with van der Waals surface area (Å²) < 4.78 is 38.1. The summed E-state index contributed by atoms with van der Waals surface area (Å²) in [7, 11) is -0.0639. The van der Waals surface area contributed by atoms with Crippen LogP contribution in [0.25, 0.3) is 0 Å². The Bertz CT molecular complexity index is 1550. The van der Waals surface area contributed by atoms with E-state index in [2.05, 4.69) is 32.0 Å². The maximum absolute atomic E-state index is 13.4. The Balaban J connectivity index is 1.57. The molecule has 1 aromatic heterocycles. The summed E-state index contributed by atoms with van der Waals surface area (Å²) >= 11 is 6.43. The van der Waals surface area contributed by atoms with E-state index in [4.69, 9.17) is 21.1 Å². The number of ether oxygens (including phenoxy) is 2. The molecule has 4 rings (SSSR count). The summed E-state index contributed by atoms with van der Waals surface area (Å²) in [5.74, 6) is 0.884. The number of nitrogens with one attached hydrogen (secondary N) is 2. The van der Waals surface area contributed by atoms with Gasteiger partial charge in [-0.1, -0.05) is 32.4 Å². The lowest BCUT2D eigenvalue weighted by Gasteiger charge is -2.28. The van der Waals surface area contributed by atoms with Gasteiger partial charge in [0.1, 0.15) is 12.1 Å². The van der Waals surface area contributed by atoms with Crippen LogP contribution in [0, 0.1) is 5.92 Å². The van der Waals surface area contributed by atoms with Crippen molar-refractivity contribution in [3.05, 3.63) is 64.6 Å². The van der Waals surface area contributed by atoms with E-state index >= 15 is 0 Å². The average molecular weight is 616 g/mol. The summed E-state index contributed by atoms with van der Waals surface area (Å²) in [6.45, 7) is 8.11. The van der Waals surface area contributed by atoms with Gasteiger partial charge in [0.25, 0.3) is 5.91 Å². The van der Waals surface area contributed by atoms with Crippen molar-refractivity contribution in [1.82, 2.24) is 14.9 Å². The van der Waals surface area contributed by atoms with Crippen molar-refractivity contribution in [1.29, 1.82) is 0 Å². The Hall–Kier alpha value is -3.41. The minimum Gasteiger partial charge on any atom is -0.492 e. The van der Waals surface area contributed by atoms with Crippen LogP contribution in [-0.2, 0) is 21.9 Å². The van der Waals surface area contributed by atoms with Crippen molar-refractivity contribution in [2.45, 2.75) is 45.4 Å². The van der Waals surface area contributed by atoms with Gasteiger partial charge in [-0.05, 0) is 86.6 Å². The van der Waals surface area contributed by atoms with E-state index in [1.165, 1.54) is 19.5 Å². The number of anilines is 2. The molecular weight excluding hydrogens is 578 g/mol. The third kappa shape index (κ3) is 8.33. The highest BCUT2D eigenvalue weighted by Gasteiger charge is 2.23. The first-order valence-electron chi connectivity index (χ1n) is 13.7. The van der Waals surface area contributed by atoms with Crippen molar-refractivity contribution < 1.29 is 22.7 Å². The van der Waals surface area contributed by atoms with Crippen molar-refractivity contribution >= 4 is 38.9 Å². The number of methoxy groups -OCH3 is 1. The Kier molecular flexibility index (Phi) is 9.64. The molecule has 1 saturated heterocycles. The van der Waals surface area contributed by atoms with Crippen LogP contribution < -0.4 is 19.5 Å². The fourth-order valence-corrected chi connectivity index (χ4v) is 5.49. The van der Waals surface area contributed by atoms with Gasteiger partial charge >= 0.3 is 0 Å². The van der Waals surface area contributed by atoms with Crippen molar-refractivity contribution in [2.24, 2.45) is 5.92 Å². The summed E-state index contributed by atoms with van der Waals surface area (Å²) in [5, 5.41) is 3.17. The normalized spacial score (nSPS) is 14.8. The minimum atomic E-state index is -3.61. The zero-order chi connectivity index (χ0) is 30.7. The van der Waals surface area contributed by atoms with Crippen LogP contribution in [0.4, 0.5) is 11.4 Å². The zero-order valence-corrected chi connectivity index (χ0v) is 26.4. The number of halogens is 1. The second-order valence-corrected chi connectivity index (χ2v) is 13.9. The molecule has 10 nitrogen and oxygen atoms in total. The van der Waals surface area contributed by atoms with Crippen molar-refractivity contribution in [3.8, 4) is 17.4 Å². The molecule has 0 radical (unpaired) electrons. The van der Waals surface area contributed by atoms with E-state index in [1.807, 2.05) is 20.8 Å². The highest BCUT2D eigenvalue weighted by molar-refractivity contribution is 7.92. The third-order valence-electron chi connectivity index (χ3n) is 7.15. The fourth-order valence-electron chi connectivity index (χ4n) is 4.79. The Labute approximate surface area is 252 Å². The van der Waals surface area contributed by atoms with Gasteiger partial charge in [0.2, 0.25) is 15.9 Å². The number of carbonyl (C=O) groups is 1. The van der Waals surface area contributed by atoms with E-state index in [-0.39, 0.29) is 28.2 Å². The molecule has 12 heteroatoms. The summed E-state index contributed by atoms with van der Waals surface area (Å²) in [5.41, 5.74) is 2.16. The van der Waals surface area contributed by atoms with E-state index in [0.29, 0.717) is 22.5 Å². The fraction of sp³-hybridized carbons (Fsp3) is 0.433. The molecule has 0 bridgehead atoms. The molecule has 226 valence electrons. The van der Waals surface area contributed by atoms with E-state index in [9.17, 15) is 13.2 Å². The smallest absolute Gasteiger partial charge is 0.255 e. The van der Waals surface area contributed by atoms with Crippen LogP contribution in [0.5, 0.6) is 17.4 Å². The molecule has 0 atom stereocenters.